The van der Waals surface area contributed by atoms with E-state index in [1.165, 1.54) is 24.3 Å². The van der Waals surface area contributed by atoms with Crippen molar-refractivity contribution in [1.29, 1.82) is 10.5 Å². The first-order valence-corrected chi connectivity index (χ1v) is 11.1. The van der Waals surface area contributed by atoms with Gasteiger partial charge in [-0.15, -0.1) is 0 Å². The summed E-state index contributed by atoms with van der Waals surface area (Å²) >= 11 is 5.98. The predicted molar refractivity (Wildman–Crippen MR) is 133 cm³/mol. The van der Waals surface area contributed by atoms with E-state index in [4.69, 9.17) is 26.3 Å². The zero-order valence-electron chi connectivity index (χ0n) is 18.7. The van der Waals surface area contributed by atoms with E-state index in [2.05, 4.69) is 0 Å². The lowest BCUT2D eigenvalue weighted by molar-refractivity contribution is 0.0280. The molecule has 1 atom stereocenters. The number of hydrogen-bond donors (Lipinski definition) is 0. The van der Waals surface area contributed by atoms with Gasteiger partial charge in [0, 0.05) is 16.1 Å². The summed E-state index contributed by atoms with van der Waals surface area (Å²) in [5.41, 5.74) is 1.58. The topological polar surface area (TPSA) is 100 Å². The summed E-state index contributed by atoms with van der Waals surface area (Å²) in [7, 11) is 0. The van der Waals surface area contributed by atoms with Gasteiger partial charge in [0.1, 0.15) is 23.6 Å². The van der Waals surface area contributed by atoms with Crippen LogP contribution in [0.3, 0.4) is 0 Å². The highest BCUT2D eigenvalue weighted by Gasteiger charge is 2.27. The molecule has 7 heteroatoms. The molecule has 4 rings (SSSR count). The Morgan fingerprint density at radius 3 is 2.00 bits per heavy atom. The molecule has 0 bridgehead atoms. The molecule has 6 nitrogen and oxygen atoms in total. The van der Waals surface area contributed by atoms with Gasteiger partial charge in [-0.25, -0.2) is 4.79 Å². The number of benzene rings is 4. The maximum Gasteiger partial charge on any atom is 0.339 e. The third-order valence-electron chi connectivity index (χ3n) is 5.25. The first-order chi connectivity index (χ1) is 17.5. The summed E-state index contributed by atoms with van der Waals surface area (Å²) < 4.78 is 11.4. The zero-order chi connectivity index (χ0) is 25.5. The van der Waals surface area contributed by atoms with Crippen LogP contribution in [0.15, 0.2) is 97.1 Å². The fourth-order valence-corrected chi connectivity index (χ4v) is 3.54. The van der Waals surface area contributed by atoms with Crippen LogP contribution in [0.1, 0.15) is 43.5 Å². The van der Waals surface area contributed by atoms with Crippen molar-refractivity contribution in [2.75, 3.05) is 0 Å². The van der Waals surface area contributed by atoms with Gasteiger partial charge in [0.2, 0.25) is 5.78 Å². The minimum absolute atomic E-state index is 0.200. The lowest BCUT2D eigenvalue weighted by atomic mass is 9.99. The van der Waals surface area contributed by atoms with Gasteiger partial charge in [0.05, 0.1) is 16.7 Å². The van der Waals surface area contributed by atoms with Crippen molar-refractivity contribution < 1.29 is 19.1 Å². The first-order valence-electron chi connectivity index (χ1n) is 10.8. The normalized spacial score (nSPS) is 11.0. The van der Waals surface area contributed by atoms with Crippen LogP contribution in [0.25, 0.3) is 0 Å². The number of esters is 1. The lowest BCUT2D eigenvalue weighted by Crippen LogP contribution is -2.20. The molecule has 4 aromatic carbocycles. The minimum Gasteiger partial charge on any atom is -0.457 e. The van der Waals surface area contributed by atoms with Gasteiger partial charge < -0.3 is 9.47 Å². The Morgan fingerprint density at radius 1 is 0.722 bits per heavy atom. The number of ether oxygens (including phenoxy) is 2. The van der Waals surface area contributed by atoms with Crippen molar-refractivity contribution in [2.45, 2.75) is 6.10 Å². The molecule has 0 unspecified atom stereocenters. The molecule has 0 aliphatic carbocycles. The van der Waals surface area contributed by atoms with Crippen molar-refractivity contribution in [3.8, 4) is 23.6 Å². The molecule has 0 N–H and O–H groups in total. The predicted octanol–water partition coefficient (Wildman–Crippen LogP) is 6.66. The second kappa shape index (κ2) is 11.0. The van der Waals surface area contributed by atoms with Crippen LogP contribution in [0, 0.1) is 22.7 Å². The van der Waals surface area contributed by atoms with Gasteiger partial charge in [0.25, 0.3) is 0 Å². The Labute approximate surface area is 212 Å². The van der Waals surface area contributed by atoms with Crippen LogP contribution in [-0.2, 0) is 4.74 Å². The number of Topliss-reactive ketones (excluding diaryl/α,β-unsaturated/α-hetero) is 1. The molecule has 0 aromatic heterocycles. The van der Waals surface area contributed by atoms with Gasteiger partial charge >= 0.3 is 5.97 Å². The van der Waals surface area contributed by atoms with E-state index in [1.54, 1.807) is 72.8 Å². The third-order valence-corrected chi connectivity index (χ3v) is 5.50. The van der Waals surface area contributed by atoms with Crippen molar-refractivity contribution in [3.63, 3.8) is 0 Å². The molecule has 4 aromatic rings. The summed E-state index contributed by atoms with van der Waals surface area (Å²) in [4.78, 5) is 26.1. The van der Waals surface area contributed by atoms with Gasteiger partial charge in [0.15, 0.2) is 6.10 Å². The number of hydrogen-bond acceptors (Lipinski definition) is 6. The molecule has 0 fully saturated rings. The fraction of sp³-hybridized carbons (Fsp3) is 0.0345. The number of carbonyl (C=O) groups excluding carboxylic acids is 2. The summed E-state index contributed by atoms with van der Waals surface area (Å²) in [6.07, 6.45) is -1.16. The molecule has 0 spiro atoms. The molecule has 0 radical (unpaired) electrons. The summed E-state index contributed by atoms with van der Waals surface area (Å²) in [6, 6.07) is 29.7. The number of ketones is 1. The Hall–Kier alpha value is -4.91. The van der Waals surface area contributed by atoms with Gasteiger partial charge in [-0.3, -0.25) is 4.79 Å². The molecule has 0 aliphatic heterocycles. The Morgan fingerprint density at radius 2 is 1.36 bits per heavy atom. The maximum atomic E-state index is 13.2. The standard InChI is InChI=1S/C29H17ClN2O4/c30-24-11-6-20(7-12-24)28(27(33)19-4-2-1-3-5-19)36-29(34)21-8-13-25(14-9-21)35-26-15-10-22(17-31)23(16-26)18-32/h1-16,28H/t28-/m0/s1. The smallest absolute Gasteiger partial charge is 0.339 e. The van der Waals surface area contributed by atoms with E-state index in [0.29, 0.717) is 27.6 Å². The van der Waals surface area contributed by atoms with Gasteiger partial charge in [-0.05, 0) is 54.6 Å². The SMILES string of the molecule is N#Cc1ccc(Oc2ccc(C(=O)O[C@H](C(=O)c3ccccc3)c3ccc(Cl)cc3)cc2)cc1C#N. The van der Waals surface area contributed by atoms with Crippen molar-refractivity contribution in [3.05, 3.63) is 130 Å². The number of halogens is 1. The van der Waals surface area contributed by atoms with E-state index >= 15 is 0 Å². The zero-order valence-corrected chi connectivity index (χ0v) is 19.5. The Balaban J connectivity index is 1.53. The average Bonchev–Trinajstić information content (AvgIpc) is 2.92. The summed E-state index contributed by atoms with van der Waals surface area (Å²) in [5, 5.41) is 18.7. The average molecular weight is 493 g/mol. The summed E-state index contributed by atoms with van der Waals surface area (Å²) in [6.45, 7) is 0. The van der Waals surface area contributed by atoms with E-state index in [-0.39, 0.29) is 22.5 Å². The maximum absolute atomic E-state index is 13.2. The van der Waals surface area contributed by atoms with Crippen molar-refractivity contribution in [2.24, 2.45) is 0 Å². The molecular weight excluding hydrogens is 476 g/mol. The Bertz CT molecular complexity index is 1490. The first kappa shape index (κ1) is 24.2. The highest BCUT2D eigenvalue weighted by Crippen LogP contribution is 2.27. The van der Waals surface area contributed by atoms with E-state index < -0.39 is 12.1 Å². The number of carbonyl (C=O) groups is 2. The van der Waals surface area contributed by atoms with Crippen LogP contribution >= 0.6 is 11.6 Å². The molecule has 0 heterocycles. The second-order valence-corrected chi connectivity index (χ2v) is 8.06. The molecule has 174 valence electrons. The molecule has 0 saturated carbocycles. The molecule has 0 amide bonds. The minimum atomic E-state index is -1.16. The highest BCUT2D eigenvalue weighted by atomic mass is 35.5. The van der Waals surface area contributed by atoms with E-state index in [1.807, 2.05) is 12.1 Å². The van der Waals surface area contributed by atoms with Crippen LogP contribution < -0.4 is 4.74 Å². The lowest BCUT2D eigenvalue weighted by Gasteiger charge is -2.18. The molecule has 0 aliphatic rings. The third kappa shape index (κ3) is 5.59. The van der Waals surface area contributed by atoms with Crippen molar-refractivity contribution >= 4 is 23.4 Å². The Kier molecular flexibility index (Phi) is 7.41. The highest BCUT2D eigenvalue weighted by molar-refractivity contribution is 6.30. The summed E-state index contributed by atoms with van der Waals surface area (Å²) in [5.74, 6) is -0.261. The monoisotopic (exact) mass is 492 g/mol. The molecule has 0 saturated heterocycles. The largest absolute Gasteiger partial charge is 0.457 e. The number of nitrogens with zero attached hydrogens (tertiary/aromatic N) is 2. The van der Waals surface area contributed by atoms with Crippen LogP contribution in [0.2, 0.25) is 5.02 Å². The fourth-order valence-electron chi connectivity index (χ4n) is 3.41. The van der Waals surface area contributed by atoms with Gasteiger partial charge in [-0.2, -0.15) is 10.5 Å². The second-order valence-electron chi connectivity index (χ2n) is 7.62. The molecular formula is C29H17ClN2O4. The molecule has 36 heavy (non-hydrogen) atoms. The van der Waals surface area contributed by atoms with Crippen LogP contribution in [0.4, 0.5) is 0 Å². The number of rotatable bonds is 7. The number of nitriles is 2. The van der Waals surface area contributed by atoms with E-state index in [0.717, 1.165) is 0 Å². The van der Waals surface area contributed by atoms with E-state index in [9.17, 15) is 14.9 Å². The van der Waals surface area contributed by atoms with Crippen LogP contribution in [0.5, 0.6) is 11.5 Å². The quantitative estimate of drug-likeness (QED) is 0.211. The van der Waals surface area contributed by atoms with Gasteiger partial charge in [-0.1, -0.05) is 54.1 Å². The van der Waals surface area contributed by atoms with Crippen LogP contribution in [-0.4, -0.2) is 11.8 Å². The van der Waals surface area contributed by atoms with Crippen molar-refractivity contribution in [1.82, 2.24) is 0 Å².